The molecule has 0 unspecified atom stereocenters. The van der Waals surface area contributed by atoms with Gasteiger partial charge in [0.25, 0.3) is 5.91 Å². The third kappa shape index (κ3) is 2.24. The minimum Gasteiger partial charge on any atom is -0.469 e. The van der Waals surface area contributed by atoms with Gasteiger partial charge in [0.15, 0.2) is 0 Å². The van der Waals surface area contributed by atoms with Gasteiger partial charge >= 0.3 is 0 Å². The van der Waals surface area contributed by atoms with Gasteiger partial charge in [0.05, 0.1) is 6.26 Å². The van der Waals surface area contributed by atoms with E-state index in [1.807, 2.05) is 29.7 Å². The highest BCUT2D eigenvalue weighted by Crippen LogP contribution is 2.14. The first-order valence-corrected chi connectivity index (χ1v) is 5.48. The van der Waals surface area contributed by atoms with E-state index in [1.54, 1.807) is 12.3 Å². The van der Waals surface area contributed by atoms with Gasteiger partial charge < -0.3 is 8.98 Å². The number of furan rings is 1. The number of amides is 1. The largest absolute Gasteiger partial charge is 0.469 e. The van der Waals surface area contributed by atoms with Crippen LogP contribution in [-0.2, 0) is 13.0 Å². The van der Waals surface area contributed by atoms with Crippen molar-refractivity contribution in [1.82, 2.24) is 9.99 Å². The summed E-state index contributed by atoms with van der Waals surface area (Å²) < 4.78 is 7.22. The molecule has 0 spiro atoms. The fourth-order valence-electron chi connectivity index (χ4n) is 1.90. The van der Waals surface area contributed by atoms with Crippen molar-refractivity contribution in [2.24, 2.45) is 5.84 Å². The Morgan fingerprint density at radius 1 is 1.47 bits per heavy atom. The van der Waals surface area contributed by atoms with Crippen LogP contribution in [0.1, 0.15) is 28.9 Å². The Hall–Kier alpha value is -2.01. The lowest BCUT2D eigenvalue weighted by Crippen LogP contribution is -2.32. The van der Waals surface area contributed by atoms with E-state index in [0.717, 1.165) is 11.5 Å². The fraction of sp³-hybridized carbons (Fsp3) is 0.250. The standard InChI is InChI=1S/C12H15N3O2/c1-2-15-9(8-10-4-3-7-17-10)5-6-11(15)12(16)14-13/h3-7H,2,8,13H2,1H3,(H,14,16). The quantitative estimate of drug-likeness (QED) is 0.475. The molecule has 0 aliphatic carbocycles. The van der Waals surface area contributed by atoms with Crippen molar-refractivity contribution in [1.29, 1.82) is 0 Å². The van der Waals surface area contributed by atoms with Gasteiger partial charge in [-0.05, 0) is 31.2 Å². The highest BCUT2D eigenvalue weighted by atomic mass is 16.3. The maximum atomic E-state index is 11.5. The zero-order chi connectivity index (χ0) is 12.3. The minimum atomic E-state index is -0.280. The number of nitrogens with zero attached hydrogens (tertiary/aromatic N) is 1. The molecule has 17 heavy (non-hydrogen) atoms. The topological polar surface area (TPSA) is 73.2 Å². The Morgan fingerprint density at radius 3 is 2.88 bits per heavy atom. The molecule has 5 nitrogen and oxygen atoms in total. The van der Waals surface area contributed by atoms with E-state index < -0.39 is 0 Å². The molecule has 0 bridgehead atoms. The summed E-state index contributed by atoms with van der Waals surface area (Å²) in [5.41, 5.74) is 3.74. The zero-order valence-electron chi connectivity index (χ0n) is 9.64. The molecule has 0 saturated carbocycles. The van der Waals surface area contributed by atoms with Crippen LogP contribution in [0.5, 0.6) is 0 Å². The molecule has 0 atom stereocenters. The summed E-state index contributed by atoms with van der Waals surface area (Å²) in [4.78, 5) is 11.5. The Balaban J connectivity index is 2.29. The summed E-state index contributed by atoms with van der Waals surface area (Å²) in [7, 11) is 0. The Kier molecular flexibility index (Phi) is 3.30. The molecule has 0 radical (unpaired) electrons. The van der Waals surface area contributed by atoms with Crippen LogP contribution in [0.2, 0.25) is 0 Å². The highest BCUT2D eigenvalue weighted by Gasteiger charge is 2.13. The van der Waals surface area contributed by atoms with E-state index in [0.29, 0.717) is 18.7 Å². The van der Waals surface area contributed by atoms with Gasteiger partial charge in [0, 0.05) is 18.7 Å². The van der Waals surface area contributed by atoms with Crippen LogP contribution in [0, 0.1) is 0 Å². The van der Waals surface area contributed by atoms with Crippen molar-refractivity contribution in [3.63, 3.8) is 0 Å². The fourth-order valence-corrected chi connectivity index (χ4v) is 1.90. The molecule has 0 aromatic carbocycles. The molecule has 5 heteroatoms. The zero-order valence-corrected chi connectivity index (χ0v) is 9.64. The molecule has 0 aliphatic rings. The molecule has 0 fully saturated rings. The number of carbonyl (C=O) groups is 1. The molecule has 2 aromatic heterocycles. The van der Waals surface area contributed by atoms with Crippen molar-refractivity contribution < 1.29 is 9.21 Å². The van der Waals surface area contributed by atoms with Crippen LogP contribution in [0.4, 0.5) is 0 Å². The molecule has 90 valence electrons. The summed E-state index contributed by atoms with van der Waals surface area (Å²) >= 11 is 0. The predicted octanol–water partition coefficient (Wildman–Crippen LogP) is 1.30. The lowest BCUT2D eigenvalue weighted by molar-refractivity contribution is 0.0944. The van der Waals surface area contributed by atoms with Crippen molar-refractivity contribution in [3.8, 4) is 0 Å². The Morgan fingerprint density at radius 2 is 2.29 bits per heavy atom. The van der Waals surface area contributed by atoms with Gasteiger partial charge in [0.1, 0.15) is 11.5 Å². The molecule has 0 saturated heterocycles. The van der Waals surface area contributed by atoms with Gasteiger partial charge in [-0.25, -0.2) is 5.84 Å². The van der Waals surface area contributed by atoms with Crippen LogP contribution >= 0.6 is 0 Å². The van der Waals surface area contributed by atoms with Crippen molar-refractivity contribution >= 4 is 5.91 Å². The number of nitrogens with one attached hydrogen (secondary N) is 1. The van der Waals surface area contributed by atoms with Crippen LogP contribution < -0.4 is 11.3 Å². The first-order valence-electron chi connectivity index (χ1n) is 5.48. The van der Waals surface area contributed by atoms with Gasteiger partial charge in [-0.3, -0.25) is 10.2 Å². The van der Waals surface area contributed by atoms with Gasteiger partial charge in [-0.2, -0.15) is 0 Å². The number of hydrogen-bond donors (Lipinski definition) is 2. The van der Waals surface area contributed by atoms with Crippen LogP contribution in [0.25, 0.3) is 0 Å². The number of hydrazine groups is 1. The summed E-state index contributed by atoms with van der Waals surface area (Å²) in [5.74, 6) is 5.73. The monoisotopic (exact) mass is 233 g/mol. The minimum absolute atomic E-state index is 0.280. The van der Waals surface area contributed by atoms with E-state index in [2.05, 4.69) is 5.43 Å². The number of nitrogens with two attached hydrogens (primary N) is 1. The second-order valence-electron chi connectivity index (χ2n) is 3.68. The number of aromatic nitrogens is 1. The lowest BCUT2D eigenvalue weighted by atomic mass is 10.2. The second-order valence-corrected chi connectivity index (χ2v) is 3.68. The maximum absolute atomic E-state index is 11.5. The molecule has 2 rings (SSSR count). The van der Waals surface area contributed by atoms with E-state index >= 15 is 0 Å². The molecule has 3 N–H and O–H groups in total. The third-order valence-electron chi connectivity index (χ3n) is 2.69. The summed E-state index contributed by atoms with van der Waals surface area (Å²) in [6, 6.07) is 7.44. The first-order chi connectivity index (χ1) is 8.26. The molecular formula is C12H15N3O2. The summed E-state index contributed by atoms with van der Waals surface area (Å²) in [5, 5.41) is 0. The molecule has 1 amide bonds. The number of carbonyl (C=O) groups excluding carboxylic acids is 1. The Labute approximate surface area is 99.2 Å². The Bertz CT molecular complexity index is 500. The van der Waals surface area contributed by atoms with Crippen LogP contribution in [0.15, 0.2) is 34.9 Å². The first kappa shape index (κ1) is 11.5. The van der Waals surface area contributed by atoms with E-state index in [9.17, 15) is 4.79 Å². The average Bonchev–Trinajstić information content (AvgIpc) is 2.97. The number of hydrogen-bond acceptors (Lipinski definition) is 3. The van der Waals surface area contributed by atoms with Gasteiger partial charge in [-0.1, -0.05) is 0 Å². The highest BCUT2D eigenvalue weighted by molar-refractivity contribution is 5.92. The van der Waals surface area contributed by atoms with E-state index in [4.69, 9.17) is 10.3 Å². The van der Waals surface area contributed by atoms with Crippen molar-refractivity contribution in [3.05, 3.63) is 47.7 Å². The van der Waals surface area contributed by atoms with Crippen LogP contribution in [0.3, 0.4) is 0 Å². The molecule has 2 heterocycles. The van der Waals surface area contributed by atoms with Crippen molar-refractivity contribution in [2.75, 3.05) is 0 Å². The van der Waals surface area contributed by atoms with Crippen molar-refractivity contribution in [2.45, 2.75) is 19.9 Å². The third-order valence-corrected chi connectivity index (χ3v) is 2.69. The summed E-state index contributed by atoms with van der Waals surface area (Å²) in [6.07, 6.45) is 2.31. The molecule has 2 aromatic rings. The lowest BCUT2D eigenvalue weighted by Gasteiger charge is -2.09. The maximum Gasteiger partial charge on any atom is 0.281 e. The predicted molar refractivity (Wildman–Crippen MR) is 63.3 cm³/mol. The molecular weight excluding hydrogens is 218 g/mol. The molecule has 0 aliphatic heterocycles. The second kappa shape index (κ2) is 4.88. The SMILES string of the molecule is CCn1c(Cc2ccco2)ccc1C(=O)NN. The summed E-state index contributed by atoms with van der Waals surface area (Å²) in [6.45, 7) is 2.70. The average molecular weight is 233 g/mol. The van der Waals surface area contributed by atoms with Crippen LogP contribution in [-0.4, -0.2) is 10.5 Å². The number of rotatable bonds is 4. The van der Waals surface area contributed by atoms with Gasteiger partial charge in [-0.15, -0.1) is 0 Å². The van der Waals surface area contributed by atoms with E-state index in [1.165, 1.54) is 0 Å². The smallest absolute Gasteiger partial charge is 0.281 e. The van der Waals surface area contributed by atoms with Gasteiger partial charge in [0.2, 0.25) is 0 Å². The number of nitrogen functional groups attached to an aromatic ring is 1. The van der Waals surface area contributed by atoms with E-state index in [-0.39, 0.29) is 5.91 Å². The normalized spacial score (nSPS) is 10.5.